The fourth-order valence-electron chi connectivity index (χ4n) is 3.40. The van der Waals surface area contributed by atoms with Gasteiger partial charge in [0.25, 0.3) is 5.91 Å². The summed E-state index contributed by atoms with van der Waals surface area (Å²) in [4.78, 5) is 26.5. The van der Waals surface area contributed by atoms with Crippen LogP contribution in [0.3, 0.4) is 0 Å². The van der Waals surface area contributed by atoms with E-state index in [9.17, 15) is 18.0 Å². The SMILES string of the molecule is CC1CC(NC(=O)c2ccc3c(ccn3S(C)(=O)=O)c2)C(=O)N(CC#N)C1. The molecule has 0 spiro atoms. The number of piperidine rings is 1. The average Bonchev–Trinajstić information content (AvgIpc) is 3.02. The molecule has 1 aliphatic heterocycles. The molecule has 27 heavy (non-hydrogen) atoms. The lowest BCUT2D eigenvalue weighted by molar-refractivity contribution is -0.136. The molecular weight excluding hydrogens is 368 g/mol. The maximum Gasteiger partial charge on any atom is 0.251 e. The molecule has 3 rings (SSSR count). The van der Waals surface area contributed by atoms with Gasteiger partial charge < -0.3 is 10.2 Å². The molecule has 0 saturated carbocycles. The molecule has 142 valence electrons. The predicted molar refractivity (Wildman–Crippen MR) is 99.4 cm³/mol. The highest BCUT2D eigenvalue weighted by molar-refractivity contribution is 7.89. The molecule has 2 aromatic rings. The van der Waals surface area contributed by atoms with Crippen LogP contribution in [-0.2, 0) is 14.8 Å². The van der Waals surface area contributed by atoms with Gasteiger partial charge in [-0.05, 0) is 36.6 Å². The second-order valence-corrected chi connectivity index (χ2v) is 8.75. The lowest BCUT2D eigenvalue weighted by atomic mass is 9.95. The maximum absolute atomic E-state index is 12.6. The Kier molecular flexibility index (Phi) is 4.93. The number of fused-ring (bicyclic) bond motifs is 1. The van der Waals surface area contributed by atoms with Crippen molar-refractivity contribution in [2.24, 2.45) is 5.92 Å². The molecular formula is C18H20N4O4S. The van der Waals surface area contributed by atoms with Crippen LogP contribution in [-0.4, -0.2) is 54.5 Å². The number of nitrogens with one attached hydrogen (secondary N) is 1. The van der Waals surface area contributed by atoms with Crippen LogP contribution >= 0.6 is 0 Å². The third-order valence-electron chi connectivity index (χ3n) is 4.62. The largest absolute Gasteiger partial charge is 0.340 e. The van der Waals surface area contributed by atoms with E-state index in [0.29, 0.717) is 29.4 Å². The number of nitrogens with zero attached hydrogens (tertiary/aromatic N) is 3. The van der Waals surface area contributed by atoms with Crippen molar-refractivity contribution >= 4 is 32.7 Å². The van der Waals surface area contributed by atoms with Crippen LogP contribution in [0.15, 0.2) is 30.5 Å². The number of likely N-dealkylation sites (tertiary alicyclic amines) is 1. The summed E-state index contributed by atoms with van der Waals surface area (Å²) in [5.41, 5.74) is 0.822. The van der Waals surface area contributed by atoms with Gasteiger partial charge in [0.05, 0.1) is 17.8 Å². The van der Waals surface area contributed by atoms with E-state index in [1.54, 1.807) is 18.2 Å². The summed E-state index contributed by atoms with van der Waals surface area (Å²) in [6, 6.07) is 7.61. The standard InChI is InChI=1S/C18H20N4O4S/c1-12-9-15(18(24)21(11-12)8-6-19)20-17(23)14-3-4-16-13(10-14)5-7-22(16)27(2,25)26/h3-5,7,10,12,15H,8-9,11H2,1-2H3,(H,20,23). The number of benzene rings is 1. The van der Waals surface area contributed by atoms with Crippen molar-refractivity contribution in [1.82, 2.24) is 14.2 Å². The molecule has 1 aromatic carbocycles. The second-order valence-electron chi connectivity index (χ2n) is 6.89. The molecule has 0 radical (unpaired) electrons. The Morgan fingerprint density at radius 3 is 2.78 bits per heavy atom. The van der Waals surface area contributed by atoms with Crippen molar-refractivity contribution in [3.63, 3.8) is 0 Å². The van der Waals surface area contributed by atoms with Gasteiger partial charge in [-0.1, -0.05) is 6.92 Å². The van der Waals surface area contributed by atoms with Crippen molar-refractivity contribution in [3.05, 3.63) is 36.0 Å². The van der Waals surface area contributed by atoms with Crippen molar-refractivity contribution in [2.75, 3.05) is 19.3 Å². The topological polar surface area (TPSA) is 112 Å². The first-order valence-electron chi connectivity index (χ1n) is 8.49. The molecule has 9 heteroatoms. The molecule has 1 N–H and O–H groups in total. The van der Waals surface area contributed by atoms with Gasteiger partial charge in [-0.2, -0.15) is 5.26 Å². The number of carbonyl (C=O) groups excluding carboxylic acids is 2. The Bertz CT molecular complexity index is 1050. The highest BCUT2D eigenvalue weighted by atomic mass is 32.2. The van der Waals surface area contributed by atoms with E-state index in [1.165, 1.54) is 17.2 Å². The minimum absolute atomic E-state index is 0.000506. The van der Waals surface area contributed by atoms with Gasteiger partial charge in [0.15, 0.2) is 0 Å². The maximum atomic E-state index is 12.6. The molecule has 2 heterocycles. The van der Waals surface area contributed by atoms with E-state index >= 15 is 0 Å². The second kappa shape index (κ2) is 7.04. The quantitative estimate of drug-likeness (QED) is 0.784. The van der Waals surface area contributed by atoms with E-state index < -0.39 is 22.0 Å². The van der Waals surface area contributed by atoms with Gasteiger partial charge in [-0.25, -0.2) is 12.4 Å². The molecule has 2 atom stereocenters. The van der Waals surface area contributed by atoms with Crippen LogP contribution < -0.4 is 5.32 Å². The Balaban J connectivity index is 1.82. The molecule has 0 aliphatic carbocycles. The van der Waals surface area contributed by atoms with Crippen LogP contribution in [0.5, 0.6) is 0 Å². The number of aromatic nitrogens is 1. The van der Waals surface area contributed by atoms with Gasteiger partial charge in [-0.15, -0.1) is 0 Å². The molecule has 1 fully saturated rings. The zero-order valence-corrected chi connectivity index (χ0v) is 15.9. The van der Waals surface area contributed by atoms with Crippen molar-refractivity contribution in [3.8, 4) is 6.07 Å². The zero-order chi connectivity index (χ0) is 19.8. The van der Waals surface area contributed by atoms with E-state index in [0.717, 1.165) is 10.2 Å². The average molecular weight is 388 g/mol. The minimum atomic E-state index is -3.43. The van der Waals surface area contributed by atoms with Gasteiger partial charge in [0.2, 0.25) is 15.9 Å². The van der Waals surface area contributed by atoms with Crippen molar-refractivity contribution in [2.45, 2.75) is 19.4 Å². The van der Waals surface area contributed by atoms with Crippen LogP contribution in [0.4, 0.5) is 0 Å². The van der Waals surface area contributed by atoms with Crippen LogP contribution in [0.2, 0.25) is 0 Å². The first kappa shape index (κ1) is 18.9. The molecule has 2 unspecified atom stereocenters. The molecule has 1 saturated heterocycles. The van der Waals surface area contributed by atoms with Gasteiger partial charge >= 0.3 is 0 Å². The van der Waals surface area contributed by atoms with E-state index in [2.05, 4.69) is 5.32 Å². The normalized spacial score (nSPS) is 20.5. The summed E-state index contributed by atoms with van der Waals surface area (Å²) in [5.74, 6) is -0.492. The Labute approximate surface area is 157 Å². The third kappa shape index (κ3) is 3.80. The number of carbonyl (C=O) groups is 2. The number of rotatable bonds is 4. The number of amides is 2. The molecule has 2 amide bonds. The molecule has 0 bridgehead atoms. The summed E-state index contributed by atoms with van der Waals surface area (Å²) in [6.07, 6.45) is 3.06. The number of hydrogen-bond acceptors (Lipinski definition) is 5. The lowest BCUT2D eigenvalue weighted by Crippen LogP contribution is -2.54. The fraction of sp³-hybridized carbons (Fsp3) is 0.389. The van der Waals surface area contributed by atoms with Gasteiger partial charge in [-0.3, -0.25) is 9.59 Å². The summed E-state index contributed by atoms with van der Waals surface area (Å²) in [5, 5.41) is 12.2. The zero-order valence-electron chi connectivity index (χ0n) is 15.0. The smallest absolute Gasteiger partial charge is 0.251 e. The van der Waals surface area contributed by atoms with Crippen molar-refractivity contribution in [1.29, 1.82) is 5.26 Å². The first-order chi connectivity index (χ1) is 12.7. The first-order valence-corrected chi connectivity index (χ1v) is 10.3. The van der Waals surface area contributed by atoms with Crippen molar-refractivity contribution < 1.29 is 18.0 Å². The number of nitriles is 1. The van der Waals surface area contributed by atoms with E-state index in [1.807, 2.05) is 13.0 Å². The highest BCUT2D eigenvalue weighted by Crippen LogP contribution is 2.21. The summed E-state index contributed by atoms with van der Waals surface area (Å²) in [6.45, 7) is 2.47. The van der Waals surface area contributed by atoms with E-state index in [-0.39, 0.29) is 18.4 Å². The van der Waals surface area contributed by atoms with Crippen LogP contribution in [0.25, 0.3) is 10.9 Å². The molecule has 1 aliphatic rings. The van der Waals surface area contributed by atoms with E-state index in [4.69, 9.17) is 5.26 Å². The Hall–Kier alpha value is -2.86. The predicted octanol–water partition coefficient (Wildman–Crippen LogP) is 0.939. The minimum Gasteiger partial charge on any atom is -0.340 e. The summed E-state index contributed by atoms with van der Waals surface area (Å²) in [7, 11) is -3.43. The van der Waals surface area contributed by atoms with Gasteiger partial charge in [0, 0.05) is 23.7 Å². The summed E-state index contributed by atoms with van der Waals surface area (Å²) >= 11 is 0. The Morgan fingerprint density at radius 2 is 2.11 bits per heavy atom. The lowest BCUT2D eigenvalue weighted by Gasteiger charge is -2.34. The monoisotopic (exact) mass is 388 g/mol. The molecule has 1 aromatic heterocycles. The molecule has 8 nitrogen and oxygen atoms in total. The highest BCUT2D eigenvalue weighted by Gasteiger charge is 2.33. The van der Waals surface area contributed by atoms with Gasteiger partial charge in [0.1, 0.15) is 12.6 Å². The van der Waals surface area contributed by atoms with Crippen LogP contribution in [0, 0.1) is 17.2 Å². The fourth-order valence-corrected chi connectivity index (χ4v) is 4.21. The summed E-state index contributed by atoms with van der Waals surface area (Å²) < 4.78 is 24.7. The Morgan fingerprint density at radius 1 is 1.37 bits per heavy atom. The number of hydrogen-bond donors (Lipinski definition) is 1. The van der Waals surface area contributed by atoms with Crippen LogP contribution in [0.1, 0.15) is 23.7 Å². The third-order valence-corrected chi connectivity index (χ3v) is 5.65.